The third kappa shape index (κ3) is 4.19. The molecule has 2 N–H and O–H groups in total. The first-order valence-electron chi connectivity index (χ1n) is 13.7. The number of nitrogens with zero attached hydrogens (tertiary/aromatic N) is 1. The smallest absolute Gasteiger partial charge is 0.275 e. The van der Waals surface area contributed by atoms with E-state index in [1.807, 2.05) is 6.07 Å². The molecule has 2 saturated carbocycles. The van der Waals surface area contributed by atoms with Crippen molar-refractivity contribution in [1.82, 2.24) is 5.43 Å². The minimum Gasteiger partial charge on any atom is -0.507 e. The van der Waals surface area contributed by atoms with E-state index >= 15 is 0 Å². The Hall–Kier alpha value is -2.94. The van der Waals surface area contributed by atoms with Crippen LogP contribution in [0.3, 0.4) is 0 Å². The highest BCUT2D eigenvalue weighted by molar-refractivity contribution is 5.97. The molecule has 1 spiro atoms. The Labute approximate surface area is 223 Å². The number of nitrogens with one attached hydrogen (secondary N) is 1. The molecule has 8 heteroatoms. The molecule has 38 heavy (non-hydrogen) atoms. The van der Waals surface area contributed by atoms with Crippen LogP contribution in [-0.4, -0.2) is 40.8 Å². The van der Waals surface area contributed by atoms with Gasteiger partial charge in [0.1, 0.15) is 22.7 Å². The summed E-state index contributed by atoms with van der Waals surface area (Å²) < 4.78 is 13.2. The van der Waals surface area contributed by atoms with Crippen molar-refractivity contribution < 1.29 is 29.1 Å². The van der Waals surface area contributed by atoms with Gasteiger partial charge in [0.2, 0.25) is 6.29 Å². The van der Waals surface area contributed by atoms with Crippen LogP contribution in [0.15, 0.2) is 53.6 Å². The number of amides is 1. The number of benzene rings is 2. The van der Waals surface area contributed by atoms with E-state index in [2.05, 4.69) is 31.3 Å². The van der Waals surface area contributed by atoms with Crippen molar-refractivity contribution in [3.63, 3.8) is 0 Å². The van der Waals surface area contributed by atoms with Crippen LogP contribution in [-0.2, 0) is 14.5 Å². The topological polar surface area (TPSA) is 98.6 Å². The van der Waals surface area contributed by atoms with Crippen LogP contribution in [0, 0.1) is 23.7 Å². The minimum absolute atomic E-state index is 0.0440. The summed E-state index contributed by atoms with van der Waals surface area (Å²) in [5.41, 5.74) is 2.59. The summed E-state index contributed by atoms with van der Waals surface area (Å²) in [4.78, 5) is 25.5. The number of aromatic hydroxyl groups is 1. The maximum atomic E-state index is 13.0. The van der Waals surface area contributed by atoms with Crippen molar-refractivity contribution in [2.45, 2.75) is 76.5 Å². The Balaban J connectivity index is 1.23. The average Bonchev–Trinajstić information content (AvgIpc) is 3.14. The van der Waals surface area contributed by atoms with Crippen molar-refractivity contribution in [1.29, 1.82) is 0 Å². The molecular formula is C30H36N2O6. The molecule has 5 aliphatic rings. The third-order valence-corrected chi connectivity index (χ3v) is 9.31. The first-order chi connectivity index (χ1) is 18.3. The fourth-order valence-corrected chi connectivity index (χ4v) is 7.26. The molecule has 3 saturated heterocycles. The van der Waals surface area contributed by atoms with E-state index in [9.17, 15) is 9.90 Å². The molecule has 3 heterocycles. The van der Waals surface area contributed by atoms with Crippen LogP contribution >= 0.6 is 0 Å². The molecule has 1 amide bonds. The molecule has 5 fully saturated rings. The summed E-state index contributed by atoms with van der Waals surface area (Å²) in [6, 6.07) is 13.9. The fourth-order valence-electron chi connectivity index (χ4n) is 7.26. The summed E-state index contributed by atoms with van der Waals surface area (Å²) in [7, 11) is 0. The number of hydrogen-bond donors (Lipinski definition) is 2. The predicted octanol–water partition coefficient (Wildman–Crippen LogP) is 5.20. The van der Waals surface area contributed by atoms with Crippen LogP contribution in [0.25, 0.3) is 0 Å². The molecule has 8 atom stereocenters. The number of hydrogen-bond acceptors (Lipinski definition) is 7. The van der Waals surface area contributed by atoms with Gasteiger partial charge in [-0.25, -0.2) is 15.2 Å². The summed E-state index contributed by atoms with van der Waals surface area (Å²) in [6.45, 7) is 6.61. The number of hydrazone groups is 1. The normalized spacial score (nSPS) is 37.9. The molecule has 2 bridgehead atoms. The maximum Gasteiger partial charge on any atom is 0.275 e. The van der Waals surface area contributed by atoms with E-state index < -0.39 is 17.8 Å². The van der Waals surface area contributed by atoms with Gasteiger partial charge >= 0.3 is 0 Å². The Bertz CT molecular complexity index is 1230. The standard InChI is InChI=1S/C30H36N2O6/c1-18-12-13-23-19(2)28(36-26-16-29(3)15-14-22(18)30(23,26)38-37-29)35-25-11-7-5-9-21(25)27(34)32-31-17-20-8-4-6-10-24(20)33/h4-11,17-19,22-23,26,28,33H,12-16H2,1-3H3,(H,32,34)/b31-17+/t18-,19-,22?,23?,26-,28?,29?,30-/m1/s1. The molecule has 2 aromatic rings. The zero-order valence-electron chi connectivity index (χ0n) is 22.1. The van der Waals surface area contributed by atoms with Gasteiger partial charge in [-0.15, -0.1) is 0 Å². The van der Waals surface area contributed by atoms with Gasteiger partial charge in [0.15, 0.2) is 0 Å². The second kappa shape index (κ2) is 9.67. The van der Waals surface area contributed by atoms with E-state index in [1.165, 1.54) is 6.21 Å². The van der Waals surface area contributed by atoms with Gasteiger partial charge in [-0.05, 0) is 68.7 Å². The number of fused-ring (bicyclic) bond motifs is 2. The van der Waals surface area contributed by atoms with Gasteiger partial charge in [0.05, 0.1) is 17.9 Å². The Kier molecular flexibility index (Phi) is 6.45. The van der Waals surface area contributed by atoms with Crippen molar-refractivity contribution in [3.05, 3.63) is 59.7 Å². The van der Waals surface area contributed by atoms with Gasteiger partial charge < -0.3 is 14.6 Å². The molecule has 0 aromatic heterocycles. The number of carbonyl (C=O) groups excluding carboxylic acids is 1. The fraction of sp³-hybridized carbons (Fsp3) is 0.533. The van der Waals surface area contributed by atoms with Gasteiger partial charge in [0, 0.05) is 23.8 Å². The first kappa shape index (κ1) is 25.3. The van der Waals surface area contributed by atoms with Gasteiger partial charge in [-0.2, -0.15) is 5.10 Å². The monoisotopic (exact) mass is 520 g/mol. The predicted molar refractivity (Wildman–Crippen MR) is 141 cm³/mol. The second-order valence-corrected chi connectivity index (χ2v) is 11.7. The lowest BCUT2D eigenvalue weighted by atomic mass is 9.56. The highest BCUT2D eigenvalue weighted by Gasteiger charge is 2.68. The van der Waals surface area contributed by atoms with E-state index in [0.717, 1.165) is 32.1 Å². The van der Waals surface area contributed by atoms with Crippen molar-refractivity contribution in [3.8, 4) is 11.5 Å². The van der Waals surface area contributed by atoms with Crippen molar-refractivity contribution in [2.24, 2.45) is 28.8 Å². The molecule has 4 unspecified atom stereocenters. The molecule has 2 aliphatic carbocycles. The van der Waals surface area contributed by atoms with Gasteiger partial charge in [-0.3, -0.25) is 4.79 Å². The van der Waals surface area contributed by atoms with Crippen molar-refractivity contribution in [2.75, 3.05) is 0 Å². The number of phenolic OH excluding ortho intramolecular Hbond substituents is 1. The number of ether oxygens (including phenoxy) is 2. The summed E-state index contributed by atoms with van der Waals surface area (Å²) in [5.74, 6) is 1.34. The Morgan fingerprint density at radius 2 is 1.87 bits per heavy atom. The molecule has 2 aromatic carbocycles. The minimum atomic E-state index is -0.519. The lowest BCUT2D eigenvalue weighted by Crippen LogP contribution is -2.70. The van der Waals surface area contributed by atoms with Crippen LogP contribution in [0.5, 0.6) is 11.5 Å². The number of carbonyl (C=O) groups is 1. The second-order valence-electron chi connectivity index (χ2n) is 11.7. The molecule has 3 aliphatic heterocycles. The van der Waals surface area contributed by atoms with Crippen LogP contribution in [0.1, 0.15) is 68.8 Å². The lowest BCUT2D eigenvalue weighted by Gasteiger charge is -2.60. The maximum absolute atomic E-state index is 13.0. The van der Waals surface area contributed by atoms with Crippen molar-refractivity contribution >= 4 is 12.1 Å². The van der Waals surface area contributed by atoms with E-state index in [4.69, 9.17) is 19.2 Å². The quantitative estimate of drug-likeness (QED) is 0.319. The van der Waals surface area contributed by atoms with Gasteiger partial charge in [-0.1, -0.05) is 38.1 Å². The number of phenols is 1. The van der Waals surface area contributed by atoms with Crippen LogP contribution < -0.4 is 10.2 Å². The largest absolute Gasteiger partial charge is 0.507 e. The third-order valence-electron chi connectivity index (χ3n) is 9.31. The van der Waals surface area contributed by atoms with E-state index in [-0.39, 0.29) is 29.3 Å². The van der Waals surface area contributed by atoms with Crippen LogP contribution in [0.4, 0.5) is 0 Å². The molecule has 0 radical (unpaired) electrons. The highest BCUT2D eigenvalue weighted by Crippen LogP contribution is 2.61. The Morgan fingerprint density at radius 3 is 2.71 bits per heavy atom. The highest BCUT2D eigenvalue weighted by atomic mass is 17.2. The molecule has 7 rings (SSSR count). The zero-order chi connectivity index (χ0) is 26.5. The SMILES string of the molecule is C[C@H]1C(Oc2ccccc2C(=O)N/N=C/c2ccccc2O)O[C@@H]2CC3(C)CCC4[C@H](C)CCC1[C@]42OO3. The average molecular weight is 521 g/mol. The van der Waals surface area contributed by atoms with E-state index in [1.54, 1.807) is 42.5 Å². The summed E-state index contributed by atoms with van der Waals surface area (Å²) in [5, 5.41) is 13.9. The van der Waals surface area contributed by atoms with E-state index in [0.29, 0.717) is 28.7 Å². The molecule has 8 nitrogen and oxygen atoms in total. The molecular weight excluding hydrogens is 484 g/mol. The van der Waals surface area contributed by atoms with Gasteiger partial charge in [0.25, 0.3) is 5.91 Å². The summed E-state index contributed by atoms with van der Waals surface area (Å²) >= 11 is 0. The van der Waals surface area contributed by atoms with Crippen LogP contribution in [0.2, 0.25) is 0 Å². The number of para-hydroxylation sites is 2. The molecule has 202 valence electrons. The number of rotatable bonds is 5. The summed E-state index contributed by atoms with van der Waals surface area (Å²) in [6.07, 6.45) is 5.74. The zero-order valence-corrected chi connectivity index (χ0v) is 22.1. The lowest BCUT2D eigenvalue weighted by molar-refractivity contribution is -0.493. The first-order valence-corrected chi connectivity index (χ1v) is 13.7. The Morgan fingerprint density at radius 1 is 1.08 bits per heavy atom.